The summed E-state index contributed by atoms with van der Waals surface area (Å²) >= 11 is 0. The van der Waals surface area contributed by atoms with E-state index in [2.05, 4.69) is 5.32 Å². The van der Waals surface area contributed by atoms with E-state index in [1.807, 2.05) is 12.2 Å². The molecule has 1 saturated carbocycles. The van der Waals surface area contributed by atoms with Crippen molar-refractivity contribution >= 4 is 5.91 Å². The molecule has 2 rings (SSSR count). The highest BCUT2D eigenvalue weighted by Crippen LogP contribution is 2.31. The summed E-state index contributed by atoms with van der Waals surface area (Å²) in [6.07, 6.45) is 8.47. The molecule has 3 heteroatoms. The Bertz CT molecular complexity index is 246. The molecule has 2 aliphatic carbocycles. The molecule has 0 heterocycles. The molecule has 0 spiro atoms. The lowest BCUT2D eigenvalue weighted by molar-refractivity contribution is -0.123. The second-order valence-electron chi connectivity index (χ2n) is 4.41. The van der Waals surface area contributed by atoms with Crippen LogP contribution in [0.3, 0.4) is 0 Å². The summed E-state index contributed by atoms with van der Waals surface area (Å²) in [5.74, 6) is 1.05. The molecule has 78 valence electrons. The van der Waals surface area contributed by atoms with Gasteiger partial charge in [0.2, 0.25) is 5.91 Å². The van der Waals surface area contributed by atoms with E-state index >= 15 is 0 Å². The molecule has 1 fully saturated rings. The quantitative estimate of drug-likeness (QED) is 0.651. The molecule has 0 aromatic rings. The summed E-state index contributed by atoms with van der Waals surface area (Å²) < 4.78 is 0. The number of hydrogen-bond donors (Lipinski definition) is 2. The second kappa shape index (κ2) is 4.13. The highest BCUT2D eigenvalue weighted by atomic mass is 16.1. The number of nitrogens with two attached hydrogens (primary N) is 1. The predicted molar refractivity (Wildman–Crippen MR) is 55.6 cm³/mol. The van der Waals surface area contributed by atoms with Crippen molar-refractivity contribution in [1.82, 2.24) is 5.32 Å². The first kappa shape index (κ1) is 9.71. The Kier molecular flexibility index (Phi) is 2.87. The van der Waals surface area contributed by atoms with E-state index in [0.717, 1.165) is 25.3 Å². The van der Waals surface area contributed by atoms with E-state index in [1.54, 1.807) is 0 Å². The summed E-state index contributed by atoms with van der Waals surface area (Å²) in [5, 5.41) is 2.97. The zero-order valence-electron chi connectivity index (χ0n) is 8.41. The average molecular weight is 194 g/mol. The number of carbonyl (C=O) groups is 1. The lowest BCUT2D eigenvalue weighted by Crippen LogP contribution is -2.31. The summed E-state index contributed by atoms with van der Waals surface area (Å²) in [5.41, 5.74) is 5.68. The molecule has 1 amide bonds. The molecule has 3 N–H and O–H groups in total. The number of hydrogen-bond acceptors (Lipinski definition) is 2. The van der Waals surface area contributed by atoms with Crippen LogP contribution in [0.15, 0.2) is 12.2 Å². The van der Waals surface area contributed by atoms with Crippen LogP contribution in [0.2, 0.25) is 0 Å². The molecular formula is C11H18N2O. The molecule has 2 aliphatic rings. The molecule has 0 aromatic carbocycles. The van der Waals surface area contributed by atoms with Gasteiger partial charge in [0.05, 0.1) is 5.92 Å². The standard InChI is InChI=1S/C11H18N2O/c12-10-4-3-9(7-10)11(14)13-6-5-8-1-2-8/h3-4,8-10H,1-2,5-7,12H2,(H,13,14). The maximum Gasteiger partial charge on any atom is 0.226 e. The fourth-order valence-electron chi connectivity index (χ4n) is 1.86. The lowest BCUT2D eigenvalue weighted by Gasteiger charge is -2.09. The van der Waals surface area contributed by atoms with Crippen molar-refractivity contribution in [1.29, 1.82) is 0 Å². The van der Waals surface area contributed by atoms with Gasteiger partial charge < -0.3 is 11.1 Å². The Morgan fingerprint density at radius 1 is 1.43 bits per heavy atom. The molecule has 0 aromatic heterocycles. The molecule has 2 unspecified atom stereocenters. The molecule has 0 aliphatic heterocycles. The SMILES string of the molecule is NC1C=CC(C(=O)NCCC2CC2)C1. The van der Waals surface area contributed by atoms with Crippen LogP contribution in [0.5, 0.6) is 0 Å². The van der Waals surface area contributed by atoms with Crippen molar-refractivity contribution in [2.45, 2.75) is 31.7 Å². The van der Waals surface area contributed by atoms with Crippen molar-refractivity contribution < 1.29 is 4.79 Å². The van der Waals surface area contributed by atoms with Crippen molar-refractivity contribution in [3.63, 3.8) is 0 Å². The zero-order valence-corrected chi connectivity index (χ0v) is 8.41. The normalized spacial score (nSPS) is 30.6. The van der Waals surface area contributed by atoms with Gasteiger partial charge in [-0.1, -0.05) is 25.0 Å². The summed E-state index contributed by atoms with van der Waals surface area (Å²) in [6, 6.07) is 0.0779. The third kappa shape index (κ3) is 2.58. The van der Waals surface area contributed by atoms with Crippen LogP contribution < -0.4 is 11.1 Å². The van der Waals surface area contributed by atoms with E-state index < -0.39 is 0 Å². The molecular weight excluding hydrogens is 176 g/mol. The second-order valence-corrected chi connectivity index (χ2v) is 4.41. The Balaban J connectivity index is 1.64. The molecule has 0 bridgehead atoms. The van der Waals surface area contributed by atoms with Crippen LogP contribution in [0.4, 0.5) is 0 Å². The smallest absolute Gasteiger partial charge is 0.226 e. The third-order valence-corrected chi connectivity index (χ3v) is 3.00. The maximum absolute atomic E-state index is 11.6. The van der Waals surface area contributed by atoms with Crippen LogP contribution in [0.25, 0.3) is 0 Å². The lowest BCUT2D eigenvalue weighted by atomic mass is 10.1. The van der Waals surface area contributed by atoms with Crippen molar-refractivity contribution in [3.05, 3.63) is 12.2 Å². The predicted octanol–water partition coefficient (Wildman–Crippen LogP) is 0.806. The summed E-state index contributed by atoms with van der Waals surface area (Å²) in [4.78, 5) is 11.6. The van der Waals surface area contributed by atoms with Gasteiger partial charge in [-0.2, -0.15) is 0 Å². The van der Waals surface area contributed by atoms with Gasteiger partial charge in [-0.05, 0) is 18.8 Å². The maximum atomic E-state index is 11.6. The molecule has 0 saturated heterocycles. The van der Waals surface area contributed by atoms with E-state index in [1.165, 1.54) is 12.8 Å². The van der Waals surface area contributed by atoms with Crippen LogP contribution >= 0.6 is 0 Å². The fraction of sp³-hybridized carbons (Fsp3) is 0.727. The van der Waals surface area contributed by atoms with Gasteiger partial charge in [-0.15, -0.1) is 0 Å². The number of nitrogens with one attached hydrogen (secondary N) is 1. The van der Waals surface area contributed by atoms with E-state index in [-0.39, 0.29) is 17.9 Å². The highest BCUT2D eigenvalue weighted by molar-refractivity contribution is 5.81. The fourth-order valence-corrected chi connectivity index (χ4v) is 1.86. The monoisotopic (exact) mass is 194 g/mol. The number of amides is 1. The molecule has 2 atom stereocenters. The molecule has 3 nitrogen and oxygen atoms in total. The van der Waals surface area contributed by atoms with E-state index in [9.17, 15) is 4.79 Å². The van der Waals surface area contributed by atoms with Crippen molar-refractivity contribution in [2.75, 3.05) is 6.54 Å². The minimum Gasteiger partial charge on any atom is -0.356 e. The van der Waals surface area contributed by atoms with Gasteiger partial charge in [0.15, 0.2) is 0 Å². The third-order valence-electron chi connectivity index (χ3n) is 3.00. The Morgan fingerprint density at radius 3 is 2.79 bits per heavy atom. The first-order chi connectivity index (χ1) is 6.75. The van der Waals surface area contributed by atoms with Gasteiger partial charge in [-0.25, -0.2) is 0 Å². The van der Waals surface area contributed by atoms with Crippen LogP contribution in [0.1, 0.15) is 25.7 Å². The number of rotatable bonds is 4. The average Bonchev–Trinajstić information content (AvgIpc) is 2.87. The van der Waals surface area contributed by atoms with Crippen LogP contribution in [0, 0.1) is 11.8 Å². The largest absolute Gasteiger partial charge is 0.356 e. The van der Waals surface area contributed by atoms with Crippen molar-refractivity contribution in [3.8, 4) is 0 Å². The molecule has 14 heavy (non-hydrogen) atoms. The van der Waals surface area contributed by atoms with Gasteiger partial charge in [0.25, 0.3) is 0 Å². The van der Waals surface area contributed by atoms with Gasteiger partial charge in [-0.3, -0.25) is 4.79 Å². The first-order valence-electron chi connectivity index (χ1n) is 5.47. The minimum absolute atomic E-state index is 0.0178. The van der Waals surface area contributed by atoms with Crippen molar-refractivity contribution in [2.24, 2.45) is 17.6 Å². The van der Waals surface area contributed by atoms with E-state index in [4.69, 9.17) is 5.73 Å². The minimum atomic E-state index is 0.0178. The Morgan fingerprint density at radius 2 is 2.21 bits per heavy atom. The first-order valence-corrected chi connectivity index (χ1v) is 5.47. The number of carbonyl (C=O) groups excluding carboxylic acids is 1. The summed E-state index contributed by atoms with van der Waals surface area (Å²) in [7, 11) is 0. The van der Waals surface area contributed by atoms with Gasteiger partial charge in [0.1, 0.15) is 0 Å². The summed E-state index contributed by atoms with van der Waals surface area (Å²) in [6.45, 7) is 0.836. The Labute approximate surface area is 84.7 Å². The van der Waals surface area contributed by atoms with Crippen LogP contribution in [-0.4, -0.2) is 18.5 Å². The van der Waals surface area contributed by atoms with Gasteiger partial charge >= 0.3 is 0 Å². The van der Waals surface area contributed by atoms with Crippen LogP contribution in [-0.2, 0) is 4.79 Å². The zero-order chi connectivity index (χ0) is 9.97. The Hall–Kier alpha value is -0.830. The highest BCUT2D eigenvalue weighted by Gasteiger charge is 2.24. The molecule has 0 radical (unpaired) electrons. The topological polar surface area (TPSA) is 55.1 Å². The van der Waals surface area contributed by atoms with Gasteiger partial charge in [0, 0.05) is 12.6 Å². The van der Waals surface area contributed by atoms with E-state index in [0.29, 0.717) is 0 Å².